The highest BCUT2D eigenvalue weighted by Gasteiger charge is 2.36. The summed E-state index contributed by atoms with van der Waals surface area (Å²) in [5.74, 6) is -1.34. The predicted octanol–water partition coefficient (Wildman–Crippen LogP) is 3.16. The molecule has 0 unspecified atom stereocenters. The molecule has 1 aliphatic rings. The van der Waals surface area contributed by atoms with E-state index in [1.54, 1.807) is 24.0 Å². The molecule has 1 saturated heterocycles. The van der Waals surface area contributed by atoms with Gasteiger partial charge in [-0.05, 0) is 19.4 Å². The Bertz CT molecular complexity index is 829. The van der Waals surface area contributed by atoms with Crippen molar-refractivity contribution >= 4 is 17.7 Å². The number of aryl methyl sites for hydroxylation is 1. The third-order valence-corrected chi connectivity index (χ3v) is 4.76. The van der Waals surface area contributed by atoms with Gasteiger partial charge in [0.15, 0.2) is 6.10 Å². The maximum absolute atomic E-state index is 12.4. The first-order valence-electron chi connectivity index (χ1n) is 9.07. The zero-order valence-electron chi connectivity index (χ0n) is 15.6. The minimum absolute atomic E-state index is 0.0710. The molecule has 0 aliphatic carbocycles. The summed E-state index contributed by atoms with van der Waals surface area (Å²) in [5, 5.41) is 0. The number of carbonyl (C=O) groups excluding carboxylic acids is 3. The predicted molar refractivity (Wildman–Crippen MR) is 101 cm³/mol. The second kappa shape index (κ2) is 8.16. The van der Waals surface area contributed by atoms with Crippen molar-refractivity contribution in [2.45, 2.75) is 32.9 Å². The van der Waals surface area contributed by atoms with Crippen LogP contribution in [0.2, 0.25) is 0 Å². The number of carbonyl (C=O) groups is 3. The lowest BCUT2D eigenvalue weighted by Crippen LogP contribution is -2.30. The molecule has 0 aromatic heterocycles. The van der Waals surface area contributed by atoms with E-state index in [0.717, 1.165) is 11.1 Å². The lowest BCUT2D eigenvalue weighted by molar-refractivity contribution is -0.151. The third-order valence-electron chi connectivity index (χ3n) is 4.76. The number of ether oxygens (including phenoxy) is 1. The molecule has 0 radical (unpaired) electrons. The molecule has 2 atom stereocenters. The number of esters is 1. The molecule has 2 aromatic rings. The highest BCUT2D eigenvalue weighted by atomic mass is 16.5. The largest absolute Gasteiger partial charge is 0.454 e. The van der Waals surface area contributed by atoms with Crippen molar-refractivity contribution in [1.82, 2.24) is 4.90 Å². The first kappa shape index (κ1) is 18.8. The zero-order valence-corrected chi connectivity index (χ0v) is 15.6. The van der Waals surface area contributed by atoms with Crippen LogP contribution >= 0.6 is 0 Å². The molecule has 2 aromatic carbocycles. The molecule has 1 aliphatic heterocycles. The number of Topliss-reactive ketones (excluding diaryl/α,β-unsaturated/α-hetero) is 1. The standard InChI is InChI=1S/C22H23NO4/c1-15-8-10-18(11-9-15)21(25)16(2)27-22(26)19-12-20(24)23(14-19)13-17-6-4-3-5-7-17/h3-11,16,19H,12-14H2,1-2H3/t16-,19-/m0/s1. The Hall–Kier alpha value is -2.95. The number of hydrogen-bond donors (Lipinski definition) is 0. The summed E-state index contributed by atoms with van der Waals surface area (Å²) in [7, 11) is 0. The number of benzene rings is 2. The van der Waals surface area contributed by atoms with Crippen molar-refractivity contribution in [1.29, 1.82) is 0 Å². The summed E-state index contributed by atoms with van der Waals surface area (Å²) in [6, 6.07) is 16.8. The smallest absolute Gasteiger partial charge is 0.311 e. The van der Waals surface area contributed by atoms with Gasteiger partial charge < -0.3 is 9.64 Å². The van der Waals surface area contributed by atoms with Gasteiger partial charge in [0, 0.05) is 25.1 Å². The summed E-state index contributed by atoms with van der Waals surface area (Å²) in [6.07, 6.45) is -0.754. The van der Waals surface area contributed by atoms with E-state index in [9.17, 15) is 14.4 Å². The number of rotatable bonds is 6. The Morgan fingerprint density at radius 3 is 2.44 bits per heavy atom. The average molecular weight is 365 g/mol. The Labute approximate surface area is 158 Å². The van der Waals surface area contributed by atoms with Gasteiger partial charge in [-0.25, -0.2) is 0 Å². The SMILES string of the molecule is Cc1ccc(C(=O)[C@H](C)OC(=O)[C@H]2CC(=O)N(Cc3ccccc3)C2)cc1. The first-order valence-corrected chi connectivity index (χ1v) is 9.07. The highest BCUT2D eigenvalue weighted by Crippen LogP contribution is 2.22. The summed E-state index contributed by atoms with van der Waals surface area (Å²) in [5.41, 5.74) is 2.58. The molecule has 5 heteroatoms. The topological polar surface area (TPSA) is 63.7 Å². The number of amides is 1. The number of hydrogen-bond acceptors (Lipinski definition) is 4. The average Bonchev–Trinajstić information content (AvgIpc) is 3.03. The fourth-order valence-corrected chi connectivity index (χ4v) is 3.16. The van der Waals surface area contributed by atoms with E-state index < -0.39 is 18.0 Å². The van der Waals surface area contributed by atoms with Gasteiger partial charge in [-0.2, -0.15) is 0 Å². The van der Waals surface area contributed by atoms with Crippen LogP contribution < -0.4 is 0 Å². The van der Waals surface area contributed by atoms with Crippen LogP contribution in [0.4, 0.5) is 0 Å². The van der Waals surface area contributed by atoms with Crippen LogP contribution in [-0.4, -0.2) is 35.2 Å². The third kappa shape index (κ3) is 4.61. The molecule has 3 rings (SSSR count). The molecule has 0 saturated carbocycles. The maximum Gasteiger partial charge on any atom is 0.311 e. The zero-order chi connectivity index (χ0) is 19.4. The fraction of sp³-hybridized carbons (Fsp3) is 0.318. The van der Waals surface area contributed by atoms with Gasteiger partial charge in [0.2, 0.25) is 11.7 Å². The molecular weight excluding hydrogens is 342 g/mol. The van der Waals surface area contributed by atoms with Crippen LogP contribution in [0.5, 0.6) is 0 Å². The van der Waals surface area contributed by atoms with Crippen LogP contribution in [0, 0.1) is 12.8 Å². The second-order valence-electron chi connectivity index (χ2n) is 6.97. The first-order chi connectivity index (χ1) is 12.9. The van der Waals surface area contributed by atoms with Gasteiger partial charge in [0.25, 0.3) is 0 Å². The second-order valence-corrected chi connectivity index (χ2v) is 6.97. The Morgan fingerprint density at radius 2 is 1.78 bits per heavy atom. The fourth-order valence-electron chi connectivity index (χ4n) is 3.16. The van der Waals surface area contributed by atoms with Gasteiger partial charge in [0.05, 0.1) is 5.92 Å². The van der Waals surface area contributed by atoms with Crippen molar-refractivity contribution < 1.29 is 19.1 Å². The lowest BCUT2D eigenvalue weighted by atomic mass is 10.1. The van der Waals surface area contributed by atoms with Crippen molar-refractivity contribution in [3.63, 3.8) is 0 Å². The number of nitrogens with zero attached hydrogens (tertiary/aromatic N) is 1. The van der Waals surface area contributed by atoms with Crippen LogP contribution in [-0.2, 0) is 20.9 Å². The minimum atomic E-state index is -0.876. The van der Waals surface area contributed by atoms with Crippen LogP contribution in [0.3, 0.4) is 0 Å². The quantitative estimate of drug-likeness (QED) is 0.583. The van der Waals surface area contributed by atoms with Gasteiger partial charge in [-0.3, -0.25) is 14.4 Å². The molecule has 0 spiro atoms. The number of likely N-dealkylation sites (tertiary alicyclic amines) is 1. The van der Waals surface area contributed by atoms with Gasteiger partial charge in [-0.15, -0.1) is 0 Å². The summed E-state index contributed by atoms with van der Waals surface area (Å²) < 4.78 is 5.36. The van der Waals surface area contributed by atoms with E-state index in [2.05, 4.69) is 0 Å². The van der Waals surface area contributed by atoms with Gasteiger partial charge >= 0.3 is 5.97 Å². The van der Waals surface area contributed by atoms with E-state index in [4.69, 9.17) is 4.74 Å². The Morgan fingerprint density at radius 1 is 1.11 bits per heavy atom. The van der Waals surface area contributed by atoms with E-state index in [0.29, 0.717) is 18.7 Å². The minimum Gasteiger partial charge on any atom is -0.454 e. The van der Waals surface area contributed by atoms with E-state index in [1.165, 1.54) is 0 Å². The van der Waals surface area contributed by atoms with Crippen molar-refractivity contribution in [2.75, 3.05) is 6.54 Å². The summed E-state index contributed by atoms with van der Waals surface area (Å²) in [6.45, 7) is 4.30. The van der Waals surface area contributed by atoms with Crippen molar-refractivity contribution in [2.24, 2.45) is 5.92 Å². The summed E-state index contributed by atoms with van der Waals surface area (Å²) in [4.78, 5) is 38.7. The van der Waals surface area contributed by atoms with Gasteiger partial charge in [0.1, 0.15) is 0 Å². The maximum atomic E-state index is 12.4. The number of ketones is 1. The summed E-state index contributed by atoms with van der Waals surface area (Å²) >= 11 is 0. The molecule has 140 valence electrons. The van der Waals surface area contributed by atoms with Crippen LogP contribution in [0.1, 0.15) is 34.8 Å². The molecule has 0 bridgehead atoms. The van der Waals surface area contributed by atoms with Crippen LogP contribution in [0.25, 0.3) is 0 Å². The molecule has 1 heterocycles. The van der Waals surface area contributed by atoms with Gasteiger partial charge in [-0.1, -0.05) is 60.2 Å². The molecule has 1 amide bonds. The molecule has 5 nitrogen and oxygen atoms in total. The molecule has 27 heavy (non-hydrogen) atoms. The molecule has 0 N–H and O–H groups in total. The normalized spacial score (nSPS) is 17.6. The Balaban J connectivity index is 1.57. The van der Waals surface area contributed by atoms with Crippen molar-refractivity contribution in [3.8, 4) is 0 Å². The Kier molecular flexibility index (Phi) is 5.69. The van der Waals surface area contributed by atoms with E-state index in [1.807, 2.05) is 49.4 Å². The van der Waals surface area contributed by atoms with E-state index in [-0.39, 0.29) is 18.1 Å². The van der Waals surface area contributed by atoms with Crippen molar-refractivity contribution in [3.05, 3.63) is 71.3 Å². The molecule has 1 fully saturated rings. The van der Waals surface area contributed by atoms with E-state index >= 15 is 0 Å². The monoisotopic (exact) mass is 365 g/mol. The lowest BCUT2D eigenvalue weighted by Gasteiger charge is -2.18. The highest BCUT2D eigenvalue weighted by molar-refractivity contribution is 6.00. The van der Waals surface area contributed by atoms with Crippen LogP contribution in [0.15, 0.2) is 54.6 Å². The molecular formula is C22H23NO4.